The van der Waals surface area contributed by atoms with Crippen molar-refractivity contribution in [2.75, 3.05) is 20.6 Å². The number of aromatic nitrogens is 2. The van der Waals surface area contributed by atoms with Gasteiger partial charge < -0.3 is 15.2 Å². The van der Waals surface area contributed by atoms with E-state index in [4.69, 9.17) is 10.3 Å². The topological polar surface area (TPSA) is 68.2 Å². The molecule has 0 bridgehead atoms. The molecular weight excluding hydrogens is 315 g/mol. The number of halogens is 2. The van der Waals surface area contributed by atoms with Gasteiger partial charge in [0.2, 0.25) is 0 Å². The highest BCUT2D eigenvalue weighted by Gasteiger charge is 2.17. The molecule has 1 aromatic carbocycles. The molecule has 1 heterocycles. The minimum Gasteiger partial charge on any atom is -0.334 e. The second kappa shape index (κ2) is 5.77. The van der Waals surface area contributed by atoms with Crippen LogP contribution in [0.3, 0.4) is 0 Å². The predicted octanol–water partition coefficient (Wildman–Crippen LogP) is 2.20. The van der Waals surface area contributed by atoms with Crippen molar-refractivity contribution in [3.63, 3.8) is 0 Å². The summed E-state index contributed by atoms with van der Waals surface area (Å²) in [5.74, 6) is 0.413. The number of benzene rings is 1. The van der Waals surface area contributed by atoms with Gasteiger partial charge in [0, 0.05) is 11.0 Å². The van der Waals surface area contributed by atoms with E-state index < -0.39 is 0 Å². The van der Waals surface area contributed by atoms with Crippen LogP contribution in [0, 0.1) is 5.82 Å². The van der Waals surface area contributed by atoms with E-state index in [1.807, 2.05) is 19.0 Å². The Morgan fingerprint density at radius 1 is 1.47 bits per heavy atom. The third kappa shape index (κ3) is 3.37. The lowest BCUT2D eigenvalue weighted by molar-refractivity contribution is 0.357. The summed E-state index contributed by atoms with van der Waals surface area (Å²) < 4.78 is 18.7. The summed E-state index contributed by atoms with van der Waals surface area (Å²) in [7, 11) is 3.83. The average molecular weight is 329 g/mol. The minimum absolute atomic E-state index is 0.316. The molecule has 0 saturated heterocycles. The Bertz CT molecular complexity index is 573. The molecule has 1 atom stereocenters. The molecule has 2 aromatic rings. The maximum atomic E-state index is 13.0. The van der Waals surface area contributed by atoms with Crippen LogP contribution in [0.4, 0.5) is 4.39 Å². The van der Waals surface area contributed by atoms with Gasteiger partial charge in [-0.2, -0.15) is 4.98 Å². The Morgan fingerprint density at radius 3 is 2.84 bits per heavy atom. The first-order valence-corrected chi connectivity index (χ1v) is 6.46. The lowest BCUT2D eigenvalue weighted by Gasteiger charge is -2.12. The standard InChI is InChI=1S/C12H14BrFN4O/c1-18(2)6-10(15)11-16-12(19-17-11)8-4-3-7(14)5-9(8)13/h3-5,10H,6,15H2,1-2H3. The fourth-order valence-electron chi connectivity index (χ4n) is 1.63. The Balaban J connectivity index is 2.25. The molecular formula is C12H14BrFN4O. The van der Waals surface area contributed by atoms with E-state index in [0.29, 0.717) is 28.3 Å². The van der Waals surface area contributed by atoms with Gasteiger partial charge in [-0.05, 0) is 48.2 Å². The zero-order valence-corrected chi connectivity index (χ0v) is 12.2. The van der Waals surface area contributed by atoms with Crippen LogP contribution in [0.2, 0.25) is 0 Å². The molecule has 0 amide bonds. The molecule has 2 rings (SSSR count). The molecule has 7 heteroatoms. The number of rotatable bonds is 4. The second-order valence-electron chi connectivity index (χ2n) is 4.45. The van der Waals surface area contributed by atoms with Crippen molar-refractivity contribution in [2.24, 2.45) is 5.73 Å². The van der Waals surface area contributed by atoms with Crippen LogP contribution in [0.15, 0.2) is 27.2 Å². The van der Waals surface area contributed by atoms with Crippen molar-refractivity contribution in [3.8, 4) is 11.5 Å². The zero-order valence-electron chi connectivity index (χ0n) is 10.6. The van der Waals surface area contributed by atoms with Gasteiger partial charge in [-0.15, -0.1) is 0 Å². The predicted molar refractivity (Wildman–Crippen MR) is 72.9 cm³/mol. The number of likely N-dealkylation sites (N-methyl/N-ethyl adjacent to an activating group) is 1. The van der Waals surface area contributed by atoms with E-state index in [2.05, 4.69) is 26.1 Å². The number of nitrogens with zero attached hydrogens (tertiary/aromatic N) is 3. The molecule has 0 saturated carbocycles. The van der Waals surface area contributed by atoms with E-state index in [0.717, 1.165) is 0 Å². The maximum Gasteiger partial charge on any atom is 0.259 e. The molecule has 0 aliphatic carbocycles. The molecule has 19 heavy (non-hydrogen) atoms. The molecule has 1 unspecified atom stereocenters. The number of hydrogen-bond acceptors (Lipinski definition) is 5. The van der Waals surface area contributed by atoms with E-state index in [1.165, 1.54) is 12.1 Å². The summed E-state index contributed by atoms with van der Waals surface area (Å²) >= 11 is 3.26. The number of hydrogen-bond donors (Lipinski definition) is 1. The molecule has 0 aliphatic rings. The highest BCUT2D eigenvalue weighted by molar-refractivity contribution is 9.10. The van der Waals surface area contributed by atoms with Gasteiger partial charge in [-0.25, -0.2) is 4.39 Å². The third-order valence-electron chi connectivity index (χ3n) is 2.50. The maximum absolute atomic E-state index is 13.0. The van der Waals surface area contributed by atoms with Crippen molar-refractivity contribution in [3.05, 3.63) is 34.3 Å². The first kappa shape index (κ1) is 14.1. The highest BCUT2D eigenvalue weighted by atomic mass is 79.9. The molecule has 0 aliphatic heterocycles. The van der Waals surface area contributed by atoms with Gasteiger partial charge in [0.25, 0.3) is 5.89 Å². The smallest absolute Gasteiger partial charge is 0.259 e. The molecule has 0 spiro atoms. The lowest BCUT2D eigenvalue weighted by Crippen LogP contribution is -2.26. The van der Waals surface area contributed by atoms with Crippen LogP contribution in [0.1, 0.15) is 11.9 Å². The lowest BCUT2D eigenvalue weighted by atomic mass is 10.2. The summed E-state index contributed by atoms with van der Waals surface area (Å²) in [6, 6.07) is 3.93. The fourth-order valence-corrected chi connectivity index (χ4v) is 2.15. The first-order valence-electron chi connectivity index (χ1n) is 5.66. The summed E-state index contributed by atoms with van der Waals surface area (Å²) in [6.07, 6.45) is 0. The monoisotopic (exact) mass is 328 g/mol. The van der Waals surface area contributed by atoms with Crippen molar-refractivity contribution < 1.29 is 8.91 Å². The van der Waals surface area contributed by atoms with Crippen LogP contribution in [0.25, 0.3) is 11.5 Å². The van der Waals surface area contributed by atoms with Gasteiger partial charge in [-0.3, -0.25) is 0 Å². The van der Waals surface area contributed by atoms with Gasteiger partial charge >= 0.3 is 0 Å². The van der Waals surface area contributed by atoms with Gasteiger partial charge in [0.05, 0.1) is 11.6 Å². The van der Waals surface area contributed by atoms with E-state index in [1.54, 1.807) is 6.07 Å². The minimum atomic E-state index is -0.334. The van der Waals surface area contributed by atoms with Crippen LogP contribution >= 0.6 is 15.9 Å². The van der Waals surface area contributed by atoms with Crippen LogP contribution in [-0.4, -0.2) is 35.7 Å². The SMILES string of the molecule is CN(C)CC(N)c1noc(-c2ccc(F)cc2Br)n1. The molecule has 1 aromatic heterocycles. The Labute approximate surface area is 118 Å². The molecule has 0 fully saturated rings. The average Bonchev–Trinajstić information content (AvgIpc) is 2.77. The van der Waals surface area contributed by atoms with Gasteiger partial charge in [-0.1, -0.05) is 5.16 Å². The van der Waals surface area contributed by atoms with E-state index in [9.17, 15) is 4.39 Å². The quantitative estimate of drug-likeness (QED) is 0.931. The van der Waals surface area contributed by atoms with E-state index in [-0.39, 0.29) is 11.9 Å². The van der Waals surface area contributed by atoms with Crippen molar-refractivity contribution >= 4 is 15.9 Å². The molecule has 102 valence electrons. The number of nitrogens with two attached hydrogens (primary N) is 1. The zero-order chi connectivity index (χ0) is 14.0. The Morgan fingerprint density at radius 2 is 2.21 bits per heavy atom. The second-order valence-corrected chi connectivity index (χ2v) is 5.30. The summed E-state index contributed by atoms with van der Waals surface area (Å²) in [5.41, 5.74) is 6.59. The van der Waals surface area contributed by atoms with E-state index >= 15 is 0 Å². The van der Waals surface area contributed by atoms with Crippen molar-refractivity contribution in [2.45, 2.75) is 6.04 Å². The van der Waals surface area contributed by atoms with Crippen LogP contribution in [0.5, 0.6) is 0 Å². The van der Waals surface area contributed by atoms with Gasteiger partial charge in [0.1, 0.15) is 5.82 Å². The molecule has 2 N–H and O–H groups in total. The normalized spacial score (nSPS) is 12.9. The van der Waals surface area contributed by atoms with Crippen molar-refractivity contribution in [1.29, 1.82) is 0 Å². The molecule has 0 radical (unpaired) electrons. The van der Waals surface area contributed by atoms with Crippen LogP contribution < -0.4 is 5.73 Å². The Hall–Kier alpha value is -1.31. The first-order chi connectivity index (χ1) is 8.97. The highest BCUT2D eigenvalue weighted by Crippen LogP contribution is 2.28. The van der Waals surface area contributed by atoms with Crippen LogP contribution in [-0.2, 0) is 0 Å². The molecule has 5 nitrogen and oxygen atoms in total. The summed E-state index contributed by atoms with van der Waals surface area (Å²) in [6.45, 7) is 0.615. The third-order valence-corrected chi connectivity index (χ3v) is 3.15. The summed E-state index contributed by atoms with van der Waals surface area (Å²) in [4.78, 5) is 6.18. The Kier molecular flexibility index (Phi) is 4.28. The van der Waals surface area contributed by atoms with Crippen molar-refractivity contribution in [1.82, 2.24) is 15.0 Å². The van der Waals surface area contributed by atoms with Gasteiger partial charge in [0.15, 0.2) is 5.82 Å². The fraction of sp³-hybridized carbons (Fsp3) is 0.333. The summed E-state index contributed by atoms with van der Waals surface area (Å²) in [5, 5.41) is 3.86. The largest absolute Gasteiger partial charge is 0.334 e.